The summed E-state index contributed by atoms with van der Waals surface area (Å²) < 4.78 is 0. The zero-order chi connectivity index (χ0) is 10.4. The first kappa shape index (κ1) is 11.5. The zero-order valence-electron chi connectivity index (χ0n) is 9.09. The van der Waals surface area contributed by atoms with Crippen molar-refractivity contribution in [2.24, 2.45) is 11.7 Å². The second-order valence-electron chi connectivity index (χ2n) is 4.27. The molecule has 0 spiro atoms. The van der Waals surface area contributed by atoms with Crippen LogP contribution in [0.5, 0.6) is 0 Å². The number of hydrogen-bond donors (Lipinski definition) is 2. The van der Waals surface area contributed by atoms with Crippen molar-refractivity contribution in [1.29, 1.82) is 0 Å². The smallest absolute Gasteiger partial charge is 0.236 e. The summed E-state index contributed by atoms with van der Waals surface area (Å²) in [5.41, 5.74) is 5.67. The molecule has 0 heterocycles. The lowest BCUT2D eigenvalue weighted by Gasteiger charge is -2.10. The lowest BCUT2D eigenvalue weighted by Crippen LogP contribution is -2.40. The average molecular weight is 198 g/mol. The molecule has 0 radical (unpaired) electrons. The maximum absolute atomic E-state index is 11.4. The molecule has 3 nitrogen and oxygen atoms in total. The monoisotopic (exact) mass is 198 g/mol. The van der Waals surface area contributed by atoms with Gasteiger partial charge in [-0.3, -0.25) is 4.79 Å². The van der Waals surface area contributed by atoms with Gasteiger partial charge in [0, 0.05) is 6.54 Å². The van der Waals surface area contributed by atoms with Crippen molar-refractivity contribution in [3.05, 3.63) is 0 Å². The Bertz CT molecular complexity index is 178. The molecule has 1 atom stereocenters. The third-order valence-corrected chi connectivity index (χ3v) is 2.72. The lowest BCUT2D eigenvalue weighted by molar-refractivity contribution is -0.122. The van der Waals surface area contributed by atoms with E-state index in [0.717, 1.165) is 31.7 Å². The zero-order valence-corrected chi connectivity index (χ0v) is 9.09. The Labute approximate surface area is 86.4 Å². The van der Waals surface area contributed by atoms with E-state index in [2.05, 4.69) is 5.32 Å². The second-order valence-corrected chi connectivity index (χ2v) is 4.27. The third-order valence-electron chi connectivity index (χ3n) is 2.72. The van der Waals surface area contributed by atoms with Crippen molar-refractivity contribution in [2.45, 2.75) is 51.5 Å². The van der Waals surface area contributed by atoms with Gasteiger partial charge in [-0.25, -0.2) is 0 Å². The molecule has 1 saturated carbocycles. The van der Waals surface area contributed by atoms with Gasteiger partial charge in [0.25, 0.3) is 0 Å². The van der Waals surface area contributed by atoms with E-state index in [1.54, 1.807) is 0 Å². The Balaban J connectivity index is 1.95. The molecule has 0 aromatic heterocycles. The fraction of sp³-hybridized carbons (Fsp3) is 0.909. The van der Waals surface area contributed by atoms with Crippen molar-refractivity contribution in [1.82, 2.24) is 5.32 Å². The van der Waals surface area contributed by atoms with E-state index < -0.39 is 0 Å². The Morgan fingerprint density at radius 1 is 1.57 bits per heavy atom. The molecular weight excluding hydrogens is 176 g/mol. The van der Waals surface area contributed by atoms with Crippen LogP contribution in [0, 0.1) is 5.92 Å². The molecule has 1 rings (SSSR count). The first-order valence-corrected chi connectivity index (χ1v) is 5.77. The second kappa shape index (κ2) is 6.02. The Hall–Kier alpha value is -0.570. The van der Waals surface area contributed by atoms with Crippen LogP contribution in [0.1, 0.15) is 45.4 Å². The molecule has 0 aromatic rings. The highest BCUT2D eigenvalue weighted by Crippen LogP contribution is 2.33. The summed E-state index contributed by atoms with van der Waals surface area (Å²) in [6, 6.07) is -0.305. The van der Waals surface area contributed by atoms with E-state index >= 15 is 0 Å². The first-order valence-electron chi connectivity index (χ1n) is 5.77. The quantitative estimate of drug-likeness (QED) is 0.608. The standard InChI is InChI=1S/C11H22N2O/c1-2-4-10(12)11(14)13-8-3-5-9-6-7-9/h9-10H,2-8,12H2,1H3,(H,13,14). The first-order chi connectivity index (χ1) is 6.74. The number of nitrogens with one attached hydrogen (secondary N) is 1. The number of nitrogens with two attached hydrogens (primary N) is 1. The van der Waals surface area contributed by atoms with Gasteiger partial charge in [-0.2, -0.15) is 0 Å². The van der Waals surface area contributed by atoms with Crippen LogP contribution in [0.25, 0.3) is 0 Å². The van der Waals surface area contributed by atoms with Crippen LogP contribution >= 0.6 is 0 Å². The van der Waals surface area contributed by atoms with Gasteiger partial charge >= 0.3 is 0 Å². The predicted molar refractivity (Wildman–Crippen MR) is 57.9 cm³/mol. The number of rotatable bonds is 7. The van der Waals surface area contributed by atoms with Crippen LogP contribution in [0.4, 0.5) is 0 Å². The topological polar surface area (TPSA) is 55.1 Å². The minimum Gasteiger partial charge on any atom is -0.355 e. The number of hydrogen-bond acceptors (Lipinski definition) is 2. The molecule has 0 aromatic carbocycles. The minimum absolute atomic E-state index is 0.0163. The van der Waals surface area contributed by atoms with E-state index in [1.807, 2.05) is 6.92 Å². The van der Waals surface area contributed by atoms with Gasteiger partial charge in [0.15, 0.2) is 0 Å². The average Bonchev–Trinajstić information content (AvgIpc) is 2.96. The molecule has 1 unspecified atom stereocenters. The van der Waals surface area contributed by atoms with Gasteiger partial charge < -0.3 is 11.1 Å². The highest BCUT2D eigenvalue weighted by Gasteiger charge is 2.20. The molecule has 0 bridgehead atoms. The summed E-state index contributed by atoms with van der Waals surface area (Å²) in [6.45, 7) is 2.84. The Kier molecular flexibility index (Phi) is 4.94. The van der Waals surface area contributed by atoms with E-state index in [4.69, 9.17) is 5.73 Å². The number of carbonyl (C=O) groups is 1. The van der Waals surface area contributed by atoms with Crippen molar-refractivity contribution in [2.75, 3.05) is 6.54 Å². The summed E-state index contributed by atoms with van der Waals surface area (Å²) in [7, 11) is 0. The maximum atomic E-state index is 11.4. The van der Waals surface area contributed by atoms with Crippen LogP contribution in [0.15, 0.2) is 0 Å². The maximum Gasteiger partial charge on any atom is 0.236 e. The molecule has 1 fully saturated rings. The van der Waals surface area contributed by atoms with Crippen molar-refractivity contribution in [3.8, 4) is 0 Å². The predicted octanol–water partition coefficient (Wildman–Crippen LogP) is 1.42. The summed E-state index contributed by atoms with van der Waals surface area (Å²) in [5, 5.41) is 2.89. The van der Waals surface area contributed by atoms with Crippen LogP contribution in [-0.4, -0.2) is 18.5 Å². The molecule has 1 aliphatic carbocycles. The molecule has 0 saturated heterocycles. The van der Waals surface area contributed by atoms with Crippen molar-refractivity contribution >= 4 is 5.91 Å². The Morgan fingerprint density at radius 2 is 2.29 bits per heavy atom. The normalized spacial score (nSPS) is 17.9. The van der Waals surface area contributed by atoms with Gasteiger partial charge in [0.1, 0.15) is 0 Å². The van der Waals surface area contributed by atoms with Crippen LogP contribution in [-0.2, 0) is 4.79 Å². The summed E-state index contributed by atoms with van der Waals surface area (Å²) >= 11 is 0. The van der Waals surface area contributed by atoms with E-state index in [0.29, 0.717) is 0 Å². The van der Waals surface area contributed by atoms with Crippen molar-refractivity contribution in [3.63, 3.8) is 0 Å². The molecule has 14 heavy (non-hydrogen) atoms. The molecule has 82 valence electrons. The van der Waals surface area contributed by atoms with Crippen LogP contribution in [0.2, 0.25) is 0 Å². The van der Waals surface area contributed by atoms with Gasteiger partial charge in [0.05, 0.1) is 6.04 Å². The fourth-order valence-corrected chi connectivity index (χ4v) is 1.58. The largest absolute Gasteiger partial charge is 0.355 e. The van der Waals surface area contributed by atoms with E-state index in [-0.39, 0.29) is 11.9 Å². The highest BCUT2D eigenvalue weighted by atomic mass is 16.2. The summed E-state index contributed by atoms with van der Waals surface area (Å²) in [5.74, 6) is 0.971. The van der Waals surface area contributed by atoms with E-state index in [9.17, 15) is 4.79 Å². The highest BCUT2D eigenvalue weighted by molar-refractivity contribution is 5.81. The van der Waals surface area contributed by atoms with E-state index in [1.165, 1.54) is 19.3 Å². The summed E-state index contributed by atoms with van der Waals surface area (Å²) in [4.78, 5) is 11.4. The third kappa shape index (κ3) is 4.61. The molecule has 1 aliphatic rings. The van der Waals surface area contributed by atoms with Gasteiger partial charge in [0.2, 0.25) is 5.91 Å². The van der Waals surface area contributed by atoms with Gasteiger partial charge in [-0.15, -0.1) is 0 Å². The minimum atomic E-state index is -0.305. The van der Waals surface area contributed by atoms with Crippen LogP contribution in [0.3, 0.4) is 0 Å². The SMILES string of the molecule is CCCC(N)C(=O)NCCCC1CC1. The fourth-order valence-electron chi connectivity index (χ4n) is 1.58. The van der Waals surface area contributed by atoms with Crippen LogP contribution < -0.4 is 11.1 Å². The summed E-state index contributed by atoms with van der Waals surface area (Å²) in [6.07, 6.45) is 6.91. The lowest BCUT2D eigenvalue weighted by atomic mass is 10.1. The van der Waals surface area contributed by atoms with Crippen molar-refractivity contribution < 1.29 is 4.79 Å². The molecule has 1 amide bonds. The molecule has 3 heteroatoms. The molecular formula is C11H22N2O. The molecule has 3 N–H and O–H groups in total. The number of carbonyl (C=O) groups excluding carboxylic acids is 1. The van der Waals surface area contributed by atoms with Gasteiger partial charge in [-0.05, 0) is 25.2 Å². The number of amides is 1. The van der Waals surface area contributed by atoms with Gasteiger partial charge in [-0.1, -0.05) is 26.2 Å². The molecule has 0 aliphatic heterocycles. The Morgan fingerprint density at radius 3 is 2.86 bits per heavy atom.